The number of hydrogen-bond donors (Lipinski definition) is 1. The van der Waals surface area contributed by atoms with Crippen LogP contribution in [0.2, 0.25) is 0 Å². The Bertz CT molecular complexity index is 241. The molecule has 1 saturated heterocycles. The first-order valence-electron chi connectivity index (χ1n) is 6.20. The van der Waals surface area contributed by atoms with Gasteiger partial charge in [-0.05, 0) is 32.2 Å². The molecule has 0 radical (unpaired) electrons. The molecular formula is C12H21N3O. The van der Waals surface area contributed by atoms with E-state index in [-0.39, 0.29) is 5.91 Å². The number of unbranched alkanes of at least 4 members (excludes halogenated alkanes) is 1. The first-order chi connectivity index (χ1) is 7.84. The first kappa shape index (κ1) is 13.0. The molecule has 1 rings (SSSR count). The molecule has 1 aliphatic rings. The molecule has 0 bridgehead atoms. The van der Waals surface area contributed by atoms with Gasteiger partial charge in [0, 0.05) is 32.5 Å². The highest BCUT2D eigenvalue weighted by Crippen LogP contribution is 2.09. The van der Waals surface area contributed by atoms with E-state index in [1.54, 1.807) is 0 Å². The van der Waals surface area contributed by atoms with E-state index < -0.39 is 0 Å². The van der Waals surface area contributed by atoms with E-state index in [1.165, 1.54) is 6.42 Å². The average molecular weight is 223 g/mol. The summed E-state index contributed by atoms with van der Waals surface area (Å²) in [4.78, 5) is 13.7. The predicted octanol–water partition coefficient (Wildman–Crippen LogP) is 1.28. The molecule has 90 valence electrons. The second-order valence-electron chi connectivity index (χ2n) is 4.20. The average Bonchev–Trinajstić information content (AvgIpc) is 2.34. The van der Waals surface area contributed by atoms with Gasteiger partial charge in [-0.15, -0.1) is 0 Å². The van der Waals surface area contributed by atoms with E-state index in [0.717, 1.165) is 45.4 Å². The Morgan fingerprint density at radius 1 is 1.25 bits per heavy atom. The van der Waals surface area contributed by atoms with E-state index >= 15 is 0 Å². The van der Waals surface area contributed by atoms with Crippen molar-refractivity contribution in [3.05, 3.63) is 0 Å². The third-order valence-corrected chi connectivity index (χ3v) is 2.87. The fraction of sp³-hybridized carbons (Fsp3) is 0.833. The second-order valence-corrected chi connectivity index (χ2v) is 4.20. The number of nitrogens with one attached hydrogen (secondary N) is 1. The molecule has 1 aliphatic heterocycles. The van der Waals surface area contributed by atoms with E-state index in [1.807, 2.05) is 4.90 Å². The van der Waals surface area contributed by atoms with E-state index in [9.17, 15) is 4.79 Å². The van der Waals surface area contributed by atoms with Crippen molar-refractivity contribution < 1.29 is 4.79 Å². The van der Waals surface area contributed by atoms with Gasteiger partial charge >= 0.3 is 0 Å². The molecule has 0 saturated carbocycles. The number of nitrogens with zero attached hydrogens (tertiary/aromatic N) is 2. The summed E-state index contributed by atoms with van der Waals surface area (Å²) in [6.07, 6.45) is 5.62. The molecule has 0 aliphatic carbocycles. The highest BCUT2D eigenvalue weighted by Gasteiger charge is 2.15. The molecule has 1 fully saturated rings. The molecule has 0 aromatic rings. The van der Waals surface area contributed by atoms with Gasteiger partial charge < -0.3 is 10.2 Å². The lowest BCUT2D eigenvalue weighted by Crippen LogP contribution is -2.37. The highest BCUT2D eigenvalue weighted by atomic mass is 16.2. The van der Waals surface area contributed by atoms with Crippen LogP contribution in [-0.4, -0.2) is 37.0 Å². The zero-order valence-electron chi connectivity index (χ0n) is 9.87. The van der Waals surface area contributed by atoms with Crippen LogP contribution in [0.1, 0.15) is 38.5 Å². The Balaban J connectivity index is 1.99. The molecule has 0 atom stereocenters. The minimum absolute atomic E-state index is 0.271. The summed E-state index contributed by atoms with van der Waals surface area (Å²) in [5.41, 5.74) is 0. The van der Waals surface area contributed by atoms with Crippen molar-refractivity contribution in [2.24, 2.45) is 0 Å². The molecule has 0 spiro atoms. The summed E-state index contributed by atoms with van der Waals surface area (Å²) in [6, 6.07) is 2.10. The number of likely N-dealkylation sites (tertiary alicyclic amines) is 1. The van der Waals surface area contributed by atoms with E-state index in [0.29, 0.717) is 12.8 Å². The number of nitriles is 1. The van der Waals surface area contributed by atoms with Gasteiger partial charge in [0.2, 0.25) is 5.91 Å². The zero-order valence-corrected chi connectivity index (χ0v) is 9.87. The Hall–Kier alpha value is -1.08. The maximum absolute atomic E-state index is 11.7. The number of rotatable bonds is 6. The number of hydrogen-bond acceptors (Lipinski definition) is 3. The lowest BCUT2D eigenvalue weighted by atomic mass is 10.1. The zero-order chi connectivity index (χ0) is 11.6. The Morgan fingerprint density at radius 3 is 2.69 bits per heavy atom. The molecule has 1 N–H and O–H groups in total. The maximum Gasteiger partial charge on any atom is 0.223 e. The lowest BCUT2D eigenvalue weighted by molar-refractivity contribution is -0.131. The van der Waals surface area contributed by atoms with Crippen LogP contribution >= 0.6 is 0 Å². The molecule has 0 aromatic heterocycles. The van der Waals surface area contributed by atoms with Crippen molar-refractivity contribution in [2.45, 2.75) is 38.5 Å². The van der Waals surface area contributed by atoms with Crippen LogP contribution in [0.25, 0.3) is 0 Å². The van der Waals surface area contributed by atoms with Crippen LogP contribution in [0, 0.1) is 11.3 Å². The Kier molecular flexibility index (Phi) is 6.59. The largest absolute Gasteiger partial charge is 0.343 e. The maximum atomic E-state index is 11.7. The summed E-state index contributed by atoms with van der Waals surface area (Å²) < 4.78 is 0. The molecule has 1 heterocycles. The van der Waals surface area contributed by atoms with Gasteiger partial charge in [-0.25, -0.2) is 0 Å². The quantitative estimate of drug-likeness (QED) is 0.690. The van der Waals surface area contributed by atoms with Crippen molar-refractivity contribution in [3.8, 4) is 6.07 Å². The minimum Gasteiger partial charge on any atom is -0.343 e. The van der Waals surface area contributed by atoms with Crippen LogP contribution in [-0.2, 0) is 4.79 Å². The standard InChI is InChI=1S/C12H21N3O/c13-7-2-3-8-14-9-6-12(16)15-10-4-1-5-11-15/h14H,1-6,8-11H2. The molecule has 0 aromatic carbocycles. The molecule has 1 amide bonds. The van der Waals surface area contributed by atoms with Crippen molar-refractivity contribution in [1.29, 1.82) is 5.26 Å². The summed E-state index contributed by atoms with van der Waals surface area (Å²) >= 11 is 0. The van der Waals surface area contributed by atoms with Gasteiger partial charge in [0.1, 0.15) is 0 Å². The van der Waals surface area contributed by atoms with Gasteiger partial charge in [0.15, 0.2) is 0 Å². The van der Waals surface area contributed by atoms with Gasteiger partial charge in [-0.1, -0.05) is 0 Å². The van der Waals surface area contributed by atoms with Crippen LogP contribution in [0.5, 0.6) is 0 Å². The third-order valence-electron chi connectivity index (χ3n) is 2.87. The van der Waals surface area contributed by atoms with Crippen molar-refractivity contribution in [2.75, 3.05) is 26.2 Å². The van der Waals surface area contributed by atoms with E-state index in [4.69, 9.17) is 5.26 Å². The van der Waals surface area contributed by atoms with Crippen LogP contribution in [0.4, 0.5) is 0 Å². The summed E-state index contributed by atoms with van der Waals surface area (Å²) in [6.45, 7) is 3.45. The molecule has 4 nitrogen and oxygen atoms in total. The predicted molar refractivity (Wildman–Crippen MR) is 62.8 cm³/mol. The molecule has 4 heteroatoms. The van der Waals surface area contributed by atoms with Crippen molar-refractivity contribution in [3.63, 3.8) is 0 Å². The number of piperidine rings is 1. The van der Waals surface area contributed by atoms with Gasteiger partial charge in [0.25, 0.3) is 0 Å². The highest BCUT2D eigenvalue weighted by molar-refractivity contribution is 5.76. The Labute approximate surface area is 97.6 Å². The monoisotopic (exact) mass is 223 g/mol. The number of amides is 1. The summed E-state index contributed by atoms with van der Waals surface area (Å²) in [5.74, 6) is 0.271. The molecule has 16 heavy (non-hydrogen) atoms. The van der Waals surface area contributed by atoms with Gasteiger partial charge in [-0.2, -0.15) is 5.26 Å². The van der Waals surface area contributed by atoms with Crippen LogP contribution in [0.15, 0.2) is 0 Å². The Morgan fingerprint density at radius 2 is 2.00 bits per heavy atom. The van der Waals surface area contributed by atoms with Gasteiger partial charge in [0.05, 0.1) is 6.07 Å². The normalized spacial score (nSPS) is 15.8. The smallest absolute Gasteiger partial charge is 0.223 e. The summed E-state index contributed by atoms with van der Waals surface area (Å²) in [5, 5.41) is 11.5. The third kappa shape index (κ3) is 5.13. The SMILES string of the molecule is N#CCCCNCCC(=O)N1CCCCC1. The van der Waals surface area contributed by atoms with Gasteiger partial charge in [-0.3, -0.25) is 4.79 Å². The van der Waals surface area contributed by atoms with E-state index in [2.05, 4.69) is 11.4 Å². The molecular weight excluding hydrogens is 202 g/mol. The minimum atomic E-state index is 0.271. The van der Waals surface area contributed by atoms with Crippen molar-refractivity contribution in [1.82, 2.24) is 10.2 Å². The van der Waals surface area contributed by atoms with Crippen LogP contribution in [0.3, 0.4) is 0 Å². The number of carbonyl (C=O) groups excluding carboxylic acids is 1. The fourth-order valence-electron chi connectivity index (χ4n) is 1.91. The summed E-state index contributed by atoms with van der Waals surface area (Å²) in [7, 11) is 0. The topological polar surface area (TPSA) is 56.1 Å². The second kappa shape index (κ2) is 8.12. The number of carbonyl (C=O) groups is 1. The first-order valence-corrected chi connectivity index (χ1v) is 6.20. The van der Waals surface area contributed by atoms with Crippen LogP contribution < -0.4 is 5.32 Å². The molecule has 0 unspecified atom stereocenters. The fourth-order valence-corrected chi connectivity index (χ4v) is 1.91. The lowest BCUT2D eigenvalue weighted by Gasteiger charge is -2.26. The van der Waals surface area contributed by atoms with Crippen molar-refractivity contribution >= 4 is 5.91 Å².